The van der Waals surface area contributed by atoms with Gasteiger partial charge in [0.05, 0.1) is 6.20 Å². The van der Waals surface area contributed by atoms with Gasteiger partial charge in [0.2, 0.25) is 5.95 Å². The van der Waals surface area contributed by atoms with Crippen LogP contribution in [0.2, 0.25) is 0 Å². The van der Waals surface area contributed by atoms with E-state index < -0.39 is 0 Å². The molecule has 2 aromatic carbocycles. The minimum atomic E-state index is 0.0106. The predicted octanol–water partition coefficient (Wildman–Crippen LogP) is 3.76. The number of aromatic nitrogens is 3. The first-order chi connectivity index (χ1) is 12.5. The van der Waals surface area contributed by atoms with Crippen molar-refractivity contribution in [1.82, 2.24) is 15.2 Å². The van der Waals surface area contributed by atoms with Crippen molar-refractivity contribution in [2.75, 3.05) is 10.6 Å². The third-order valence-electron chi connectivity index (χ3n) is 3.67. The zero-order valence-electron chi connectivity index (χ0n) is 14.4. The highest BCUT2D eigenvalue weighted by molar-refractivity contribution is 5.94. The summed E-state index contributed by atoms with van der Waals surface area (Å²) >= 11 is 0. The van der Waals surface area contributed by atoms with Crippen LogP contribution in [-0.4, -0.2) is 26.7 Å². The maximum absolute atomic E-state index is 11.3. The monoisotopic (exact) mass is 347 g/mol. The molecule has 130 valence electrons. The van der Waals surface area contributed by atoms with Crippen LogP contribution in [0.3, 0.4) is 0 Å². The molecule has 0 aliphatic carbocycles. The molecule has 0 fully saturated rings. The molecular formula is C19H17N5O2. The quantitative estimate of drug-likeness (QED) is 0.655. The fourth-order valence-corrected chi connectivity index (χ4v) is 2.27. The van der Waals surface area contributed by atoms with Gasteiger partial charge in [0.1, 0.15) is 0 Å². The molecule has 1 aromatic heterocycles. The van der Waals surface area contributed by atoms with E-state index in [1.54, 1.807) is 48.5 Å². The van der Waals surface area contributed by atoms with E-state index in [4.69, 9.17) is 0 Å². The van der Waals surface area contributed by atoms with Crippen LogP contribution in [0.1, 0.15) is 34.6 Å². The maximum atomic E-state index is 11.3. The van der Waals surface area contributed by atoms with Gasteiger partial charge in [0.25, 0.3) is 0 Å². The van der Waals surface area contributed by atoms with Crippen molar-refractivity contribution >= 4 is 34.7 Å². The molecule has 26 heavy (non-hydrogen) atoms. The topological polar surface area (TPSA) is 96.9 Å². The normalized spacial score (nSPS) is 10.2. The number of Topliss-reactive ketones (excluding diaryl/α,β-unsaturated/α-hetero) is 2. The zero-order valence-corrected chi connectivity index (χ0v) is 14.4. The van der Waals surface area contributed by atoms with Crippen LogP contribution in [0.5, 0.6) is 0 Å². The number of anilines is 4. The van der Waals surface area contributed by atoms with Crippen LogP contribution in [0, 0.1) is 0 Å². The number of hydrogen-bond acceptors (Lipinski definition) is 7. The number of carbonyl (C=O) groups is 2. The molecule has 1 heterocycles. The van der Waals surface area contributed by atoms with E-state index >= 15 is 0 Å². The fraction of sp³-hybridized carbons (Fsp3) is 0.105. The van der Waals surface area contributed by atoms with E-state index in [0.717, 1.165) is 11.4 Å². The highest BCUT2D eigenvalue weighted by Crippen LogP contribution is 2.18. The summed E-state index contributed by atoms with van der Waals surface area (Å²) in [6.07, 6.45) is 1.50. The molecule has 7 nitrogen and oxygen atoms in total. The Kier molecular flexibility index (Phi) is 4.98. The van der Waals surface area contributed by atoms with Gasteiger partial charge < -0.3 is 10.6 Å². The molecule has 3 aromatic rings. The molecule has 0 saturated heterocycles. The molecule has 2 N–H and O–H groups in total. The first kappa shape index (κ1) is 17.2. The molecule has 3 rings (SSSR count). The van der Waals surface area contributed by atoms with Gasteiger partial charge in [-0.15, -0.1) is 5.10 Å². The van der Waals surface area contributed by atoms with Crippen molar-refractivity contribution in [3.63, 3.8) is 0 Å². The minimum Gasteiger partial charge on any atom is -0.339 e. The van der Waals surface area contributed by atoms with Gasteiger partial charge in [-0.05, 0) is 62.4 Å². The molecule has 0 unspecified atom stereocenters. The van der Waals surface area contributed by atoms with Gasteiger partial charge in [0.15, 0.2) is 17.4 Å². The van der Waals surface area contributed by atoms with E-state index in [-0.39, 0.29) is 11.6 Å². The lowest BCUT2D eigenvalue weighted by molar-refractivity contribution is 0.100. The molecule has 0 bridgehead atoms. The molecule has 7 heteroatoms. The standard InChI is InChI=1S/C19H17N5O2/c1-12(25)14-3-7-16(8-4-14)21-18-11-20-24-19(23-18)22-17-9-5-15(6-10-17)13(2)26/h3-11H,1-2H3,(H2,21,22,23,24). The Balaban J connectivity index is 1.71. The Morgan fingerprint density at radius 3 is 1.77 bits per heavy atom. The number of carbonyl (C=O) groups excluding carboxylic acids is 2. The van der Waals surface area contributed by atoms with Gasteiger partial charge in [-0.2, -0.15) is 10.1 Å². The van der Waals surface area contributed by atoms with Gasteiger partial charge in [-0.3, -0.25) is 9.59 Å². The number of ketones is 2. The number of hydrogen-bond donors (Lipinski definition) is 2. The average Bonchev–Trinajstić information content (AvgIpc) is 2.63. The highest BCUT2D eigenvalue weighted by atomic mass is 16.1. The van der Waals surface area contributed by atoms with E-state index in [1.807, 2.05) is 0 Å². The number of benzene rings is 2. The first-order valence-electron chi connectivity index (χ1n) is 7.97. The fourth-order valence-electron chi connectivity index (χ4n) is 2.27. The third-order valence-corrected chi connectivity index (χ3v) is 3.67. The van der Waals surface area contributed by atoms with Crippen LogP contribution in [0.25, 0.3) is 0 Å². The van der Waals surface area contributed by atoms with Gasteiger partial charge in [-0.1, -0.05) is 0 Å². The van der Waals surface area contributed by atoms with Crippen molar-refractivity contribution in [3.8, 4) is 0 Å². The second-order valence-corrected chi connectivity index (χ2v) is 5.68. The first-order valence-corrected chi connectivity index (χ1v) is 7.97. The van der Waals surface area contributed by atoms with Crippen molar-refractivity contribution in [3.05, 3.63) is 65.9 Å². The van der Waals surface area contributed by atoms with Gasteiger partial charge in [-0.25, -0.2) is 0 Å². The highest BCUT2D eigenvalue weighted by Gasteiger charge is 2.04. The Hall–Kier alpha value is -3.61. The van der Waals surface area contributed by atoms with Crippen LogP contribution < -0.4 is 10.6 Å². The lowest BCUT2D eigenvalue weighted by atomic mass is 10.1. The Morgan fingerprint density at radius 2 is 1.27 bits per heavy atom. The largest absolute Gasteiger partial charge is 0.339 e. The lowest BCUT2D eigenvalue weighted by Crippen LogP contribution is -2.03. The molecule has 0 saturated carbocycles. The Bertz CT molecular complexity index is 862. The van der Waals surface area contributed by atoms with E-state index in [2.05, 4.69) is 25.8 Å². The van der Waals surface area contributed by atoms with Gasteiger partial charge in [0, 0.05) is 22.5 Å². The van der Waals surface area contributed by atoms with Crippen LogP contribution in [0.15, 0.2) is 54.7 Å². The Labute approximate surface area is 150 Å². The van der Waals surface area contributed by atoms with Crippen molar-refractivity contribution < 1.29 is 9.59 Å². The maximum Gasteiger partial charge on any atom is 0.249 e. The summed E-state index contributed by atoms with van der Waals surface area (Å²) in [6, 6.07) is 14.1. The molecule has 0 aliphatic rings. The zero-order chi connectivity index (χ0) is 18.5. The number of nitrogens with one attached hydrogen (secondary N) is 2. The summed E-state index contributed by atoms with van der Waals surface area (Å²) in [7, 11) is 0. The summed E-state index contributed by atoms with van der Waals surface area (Å²) in [4.78, 5) is 27.0. The van der Waals surface area contributed by atoms with E-state index in [0.29, 0.717) is 22.9 Å². The number of rotatable bonds is 6. The van der Waals surface area contributed by atoms with Crippen molar-refractivity contribution in [2.45, 2.75) is 13.8 Å². The molecule has 0 aliphatic heterocycles. The SMILES string of the molecule is CC(=O)c1ccc(Nc2cnnc(Nc3ccc(C(C)=O)cc3)n2)cc1. The third kappa shape index (κ3) is 4.27. The van der Waals surface area contributed by atoms with E-state index in [1.165, 1.54) is 20.0 Å². The minimum absolute atomic E-state index is 0.0106. The summed E-state index contributed by atoms with van der Waals surface area (Å²) in [5, 5.41) is 14.0. The van der Waals surface area contributed by atoms with E-state index in [9.17, 15) is 9.59 Å². The van der Waals surface area contributed by atoms with Crippen LogP contribution in [0.4, 0.5) is 23.1 Å². The second-order valence-electron chi connectivity index (χ2n) is 5.68. The summed E-state index contributed by atoms with van der Waals surface area (Å²) < 4.78 is 0. The molecule has 0 amide bonds. The summed E-state index contributed by atoms with van der Waals surface area (Å²) in [5.41, 5.74) is 2.82. The second kappa shape index (κ2) is 7.52. The van der Waals surface area contributed by atoms with Crippen molar-refractivity contribution in [2.24, 2.45) is 0 Å². The van der Waals surface area contributed by atoms with Crippen LogP contribution in [-0.2, 0) is 0 Å². The molecule has 0 radical (unpaired) electrons. The Morgan fingerprint density at radius 1 is 0.769 bits per heavy atom. The van der Waals surface area contributed by atoms with Crippen molar-refractivity contribution in [1.29, 1.82) is 0 Å². The predicted molar refractivity (Wildman–Crippen MR) is 99.3 cm³/mol. The summed E-state index contributed by atoms with van der Waals surface area (Å²) in [6.45, 7) is 3.05. The average molecular weight is 347 g/mol. The number of nitrogens with zero attached hydrogens (tertiary/aromatic N) is 3. The lowest BCUT2D eigenvalue weighted by Gasteiger charge is -2.08. The molecular weight excluding hydrogens is 330 g/mol. The summed E-state index contributed by atoms with van der Waals surface area (Å²) in [5.74, 6) is 0.864. The molecule has 0 atom stereocenters. The van der Waals surface area contributed by atoms with Gasteiger partial charge >= 0.3 is 0 Å². The van der Waals surface area contributed by atoms with Crippen LogP contribution >= 0.6 is 0 Å². The smallest absolute Gasteiger partial charge is 0.249 e. The molecule has 0 spiro atoms.